The lowest BCUT2D eigenvalue weighted by molar-refractivity contribution is -0.134. The Morgan fingerprint density at radius 1 is 1.07 bits per heavy atom. The number of piperazine rings is 1. The Kier molecular flexibility index (Phi) is 5.71. The van der Waals surface area contributed by atoms with Crippen LogP contribution >= 0.6 is 0 Å². The van der Waals surface area contributed by atoms with Crippen molar-refractivity contribution in [1.29, 1.82) is 0 Å². The number of carbonyl (C=O) groups excluding carboxylic acids is 2. The molecule has 1 atom stereocenters. The first kappa shape index (κ1) is 19.1. The Morgan fingerprint density at radius 3 is 2.50 bits per heavy atom. The highest BCUT2D eigenvalue weighted by Gasteiger charge is 2.28. The second-order valence-corrected chi connectivity index (χ2v) is 8.01. The van der Waals surface area contributed by atoms with Gasteiger partial charge >= 0.3 is 0 Å². The van der Waals surface area contributed by atoms with Crippen LogP contribution in [0.25, 0.3) is 0 Å². The minimum atomic E-state index is -0.0199. The molecule has 2 amide bonds. The van der Waals surface area contributed by atoms with Gasteiger partial charge in [0.2, 0.25) is 12.7 Å². The van der Waals surface area contributed by atoms with Gasteiger partial charge < -0.3 is 24.6 Å². The molecule has 152 valence electrons. The zero-order valence-electron chi connectivity index (χ0n) is 16.5. The zero-order valence-corrected chi connectivity index (χ0v) is 16.5. The number of rotatable bonds is 4. The van der Waals surface area contributed by atoms with Crippen molar-refractivity contribution < 1.29 is 19.1 Å². The van der Waals surface area contributed by atoms with Gasteiger partial charge in [-0.25, -0.2) is 0 Å². The van der Waals surface area contributed by atoms with Gasteiger partial charge in [-0.15, -0.1) is 0 Å². The van der Waals surface area contributed by atoms with Crippen molar-refractivity contribution in [1.82, 2.24) is 15.1 Å². The third-order valence-electron chi connectivity index (χ3n) is 6.22. The number of hydrogen-bond acceptors (Lipinski definition) is 5. The molecule has 1 unspecified atom stereocenters. The molecule has 7 heteroatoms. The molecule has 3 aliphatic rings. The molecule has 0 bridgehead atoms. The summed E-state index contributed by atoms with van der Waals surface area (Å²) in [4.78, 5) is 29.2. The van der Waals surface area contributed by atoms with Gasteiger partial charge in [-0.3, -0.25) is 9.59 Å². The highest BCUT2D eigenvalue weighted by Crippen LogP contribution is 2.33. The molecule has 0 aliphatic carbocycles. The molecular formula is C21H29N3O4. The molecule has 4 rings (SSSR count). The maximum absolute atomic E-state index is 12.8. The maximum atomic E-state index is 12.8. The lowest BCUT2D eigenvalue weighted by atomic mass is 9.84. The van der Waals surface area contributed by atoms with Crippen molar-refractivity contribution in [3.63, 3.8) is 0 Å². The van der Waals surface area contributed by atoms with E-state index in [1.807, 2.05) is 9.80 Å². The van der Waals surface area contributed by atoms with Crippen molar-refractivity contribution in [2.45, 2.75) is 26.2 Å². The molecule has 1 aromatic rings. The van der Waals surface area contributed by atoms with Gasteiger partial charge in [0.25, 0.3) is 5.91 Å². The van der Waals surface area contributed by atoms with Crippen molar-refractivity contribution in [2.24, 2.45) is 11.8 Å². The fourth-order valence-electron chi connectivity index (χ4n) is 4.36. The van der Waals surface area contributed by atoms with Crippen LogP contribution in [0.15, 0.2) is 18.2 Å². The number of carbonyl (C=O) groups is 2. The molecule has 1 aromatic carbocycles. The summed E-state index contributed by atoms with van der Waals surface area (Å²) in [5, 5.41) is 3.38. The van der Waals surface area contributed by atoms with Crippen LogP contribution in [0.3, 0.4) is 0 Å². The van der Waals surface area contributed by atoms with Gasteiger partial charge in [0.15, 0.2) is 11.5 Å². The largest absolute Gasteiger partial charge is 0.454 e. The Labute approximate surface area is 166 Å². The van der Waals surface area contributed by atoms with E-state index in [-0.39, 0.29) is 18.6 Å². The number of nitrogens with one attached hydrogen (secondary N) is 1. The first-order valence-electron chi connectivity index (χ1n) is 10.3. The van der Waals surface area contributed by atoms with Crippen molar-refractivity contribution in [3.05, 3.63) is 23.8 Å². The Hall–Kier alpha value is -2.28. The molecule has 7 nitrogen and oxygen atoms in total. The summed E-state index contributed by atoms with van der Waals surface area (Å²) in [5.74, 6) is 2.55. The summed E-state index contributed by atoms with van der Waals surface area (Å²) >= 11 is 0. The van der Waals surface area contributed by atoms with Gasteiger partial charge in [-0.2, -0.15) is 0 Å². The Morgan fingerprint density at radius 2 is 1.75 bits per heavy atom. The second kappa shape index (κ2) is 8.39. The van der Waals surface area contributed by atoms with Crippen molar-refractivity contribution in [2.75, 3.05) is 46.1 Å². The summed E-state index contributed by atoms with van der Waals surface area (Å²) < 4.78 is 10.7. The minimum absolute atomic E-state index is 0.0199. The number of piperidine rings is 1. The predicted molar refractivity (Wildman–Crippen MR) is 104 cm³/mol. The number of hydrogen-bond donors (Lipinski definition) is 1. The van der Waals surface area contributed by atoms with E-state index in [2.05, 4.69) is 12.2 Å². The van der Waals surface area contributed by atoms with Crippen LogP contribution < -0.4 is 14.8 Å². The van der Waals surface area contributed by atoms with Crippen LogP contribution in [0.5, 0.6) is 11.5 Å². The number of amides is 2. The molecule has 2 fully saturated rings. The standard InChI is InChI=1S/C21H29N3O4/c1-15(16-4-6-22-7-5-16)12-20(25)23-8-10-24(11-9-23)21(26)17-2-3-18-19(13-17)28-14-27-18/h2-3,13,15-16,22H,4-12,14H2,1H3. The highest BCUT2D eigenvalue weighted by atomic mass is 16.7. The molecule has 0 spiro atoms. The zero-order chi connectivity index (χ0) is 19.5. The van der Waals surface area contributed by atoms with E-state index in [0.29, 0.717) is 61.5 Å². The number of ether oxygens (including phenoxy) is 2. The molecule has 0 radical (unpaired) electrons. The maximum Gasteiger partial charge on any atom is 0.254 e. The summed E-state index contributed by atoms with van der Waals surface area (Å²) in [7, 11) is 0. The molecule has 2 saturated heterocycles. The molecule has 0 aromatic heterocycles. The van der Waals surface area contributed by atoms with Crippen LogP contribution in [0, 0.1) is 11.8 Å². The van der Waals surface area contributed by atoms with Crippen LogP contribution in [0.2, 0.25) is 0 Å². The fraction of sp³-hybridized carbons (Fsp3) is 0.619. The normalized spacial score (nSPS) is 20.9. The highest BCUT2D eigenvalue weighted by molar-refractivity contribution is 5.95. The van der Waals surface area contributed by atoms with Gasteiger partial charge in [0, 0.05) is 38.2 Å². The molecular weight excluding hydrogens is 358 g/mol. The van der Waals surface area contributed by atoms with Crippen LogP contribution in [-0.4, -0.2) is 67.7 Å². The molecule has 0 saturated carbocycles. The predicted octanol–water partition coefficient (Wildman–Crippen LogP) is 1.73. The van der Waals surface area contributed by atoms with Gasteiger partial charge in [-0.05, 0) is 56.0 Å². The summed E-state index contributed by atoms with van der Waals surface area (Å²) in [5.41, 5.74) is 0.601. The molecule has 28 heavy (non-hydrogen) atoms. The third kappa shape index (κ3) is 4.09. The molecule has 3 heterocycles. The average molecular weight is 387 g/mol. The van der Waals surface area contributed by atoms with Crippen LogP contribution in [-0.2, 0) is 4.79 Å². The monoisotopic (exact) mass is 387 g/mol. The topological polar surface area (TPSA) is 71.1 Å². The van der Waals surface area contributed by atoms with Crippen LogP contribution in [0.4, 0.5) is 0 Å². The minimum Gasteiger partial charge on any atom is -0.454 e. The second-order valence-electron chi connectivity index (χ2n) is 8.01. The Bertz CT molecular complexity index is 724. The lowest BCUT2D eigenvalue weighted by Gasteiger charge is -2.36. The number of benzene rings is 1. The number of nitrogens with zero attached hydrogens (tertiary/aromatic N) is 2. The quantitative estimate of drug-likeness (QED) is 0.852. The summed E-state index contributed by atoms with van der Waals surface area (Å²) in [6, 6.07) is 5.29. The fourth-order valence-corrected chi connectivity index (χ4v) is 4.36. The van der Waals surface area contributed by atoms with E-state index in [0.717, 1.165) is 25.9 Å². The van der Waals surface area contributed by atoms with Gasteiger partial charge in [-0.1, -0.05) is 6.92 Å². The van der Waals surface area contributed by atoms with E-state index in [9.17, 15) is 9.59 Å². The average Bonchev–Trinajstić information content (AvgIpc) is 3.22. The van der Waals surface area contributed by atoms with Crippen LogP contribution in [0.1, 0.15) is 36.5 Å². The lowest BCUT2D eigenvalue weighted by Crippen LogP contribution is -2.51. The van der Waals surface area contributed by atoms with E-state index < -0.39 is 0 Å². The summed E-state index contributed by atoms with van der Waals surface area (Å²) in [6.45, 7) is 6.87. The van der Waals surface area contributed by atoms with E-state index in [1.165, 1.54) is 0 Å². The molecule has 3 aliphatic heterocycles. The summed E-state index contributed by atoms with van der Waals surface area (Å²) in [6.07, 6.45) is 2.93. The van der Waals surface area contributed by atoms with E-state index >= 15 is 0 Å². The first-order valence-corrected chi connectivity index (χ1v) is 10.3. The number of fused-ring (bicyclic) bond motifs is 1. The van der Waals surface area contributed by atoms with Gasteiger partial charge in [0.1, 0.15) is 0 Å². The Balaban J connectivity index is 1.28. The van der Waals surface area contributed by atoms with Crippen molar-refractivity contribution in [3.8, 4) is 11.5 Å². The van der Waals surface area contributed by atoms with E-state index in [1.54, 1.807) is 18.2 Å². The smallest absolute Gasteiger partial charge is 0.254 e. The van der Waals surface area contributed by atoms with Crippen molar-refractivity contribution >= 4 is 11.8 Å². The SMILES string of the molecule is CC(CC(=O)N1CCN(C(=O)c2ccc3c(c2)OCO3)CC1)C1CCNCC1. The van der Waals surface area contributed by atoms with E-state index in [4.69, 9.17) is 9.47 Å². The molecule has 1 N–H and O–H groups in total. The first-order chi connectivity index (χ1) is 13.6. The third-order valence-corrected chi connectivity index (χ3v) is 6.22. The van der Waals surface area contributed by atoms with Gasteiger partial charge in [0.05, 0.1) is 0 Å².